The lowest BCUT2D eigenvalue weighted by molar-refractivity contribution is -0.137. The third-order valence-electron chi connectivity index (χ3n) is 5.80. The number of fused-ring (bicyclic) bond motifs is 1. The summed E-state index contributed by atoms with van der Waals surface area (Å²) in [7, 11) is -2.19. The van der Waals surface area contributed by atoms with Crippen molar-refractivity contribution in [2.75, 3.05) is 26.2 Å². The number of likely N-dealkylation sites (tertiary alicyclic amines) is 1. The normalized spacial score (nSPS) is 21.9. The molecule has 3 heterocycles. The molecule has 0 saturated carbocycles. The van der Waals surface area contributed by atoms with Crippen LogP contribution < -0.4 is 5.76 Å². The fourth-order valence-corrected chi connectivity index (χ4v) is 5.70. The number of hydrogen-bond acceptors (Lipinski definition) is 5. The van der Waals surface area contributed by atoms with E-state index >= 15 is 0 Å². The van der Waals surface area contributed by atoms with Crippen LogP contribution in [0.5, 0.6) is 0 Å². The Morgan fingerprint density at radius 1 is 1.11 bits per heavy atom. The molecular formula is C19H25N3O5S. The minimum Gasteiger partial charge on any atom is -0.408 e. The molecule has 2 aromatic rings. The quantitative estimate of drug-likeness (QED) is 0.770. The number of aryl methyl sites for hydroxylation is 1. The Kier molecular flexibility index (Phi) is 5.05. The van der Waals surface area contributed by atoms with Crippen LogP contribution in [-0.4, -0.2) is 54.3 Å². The van der Waals surface area contributed by atoms with Gasteiger partial charge in [-0.25, -0.2) is 13.2 Å². The van der Waals surface area contributed by atoms with E-state index in [1.165, 1.54) is 21.0 Å². The average molecular weight is 407 g/mol. The molecule has 1 aromatic heterocycles. The molecule has 1 aromatic carbocycles. The molecule has 0 bridgehead atoms. The Balaban J connectivity index is 1.56. The molecule has 2 saturated heterocycles. The Morgan fingerprint density at radius 2 is 1.86 bits per heavy atom. The summed E-state index contributed by atoms with van der Waals surface area (Å²) in [4.78, 5) is 26.5. The molecule has 2 aliphatic rings. The zero-order chi connectivity index (χ0) is 19.9. The van der Waals surface area contributed by atoms with E-state index in [4.69, 9.17) is 4.42 Å². The summed E-state index contributed by atoms with van der Waals surface area (Å²) < 4.78 is 34.1. The van der Waals surface area contributed by atoms with Crippen molar-refractivity contribution >= 4 is 27.0 Å². The average Bonchev–Trinajstić information content (AvgIpc) is 3.01. The monoisotopic (exact) mass is 407 g/mol. The summed E-state index contributed by atoms with van der Waals surface area (Å²) in [6, 6.07) is 4.46. The van der Waals surface area contributed by atoms with Gasteiger partial charge in [0.1, 0.15) is 0 Å². The van der Waals surface area contributed by atoms with E-state index in [-0.39, 0.29) is 28.8 Å². The third kappa shape index (κ3) is 3.37. The molecule has 1 atom stereocenters. The molecule has 2 fully saturated rings. The molecule has 0 spiro atoms. The molecule has 28 heavy (non-hydrogen) atoms. The highest BCUT2D eigenvalue weighted by atomic mass is 32.2. The first-order chi connectivity index (χ1) is 13.4. The predicted octanol–water partition coefficient (Wildman–Crippen LogP) is 1.54. The van der Waals surface area contributed by atoms with E-state index in [0.29, 0.717) is 24.9 Å². The van der Waals surface area contributed by atoms with Crippen molar-refractivity contribution < 1.29 is 17.6 Å². The van der Waals surface area contributed by atoms with Gasteiger partial charge in [-0.1, -0.05) is 0 Å². The maximum atomic E-state index is 13.1. The lowest BCUT2D eigenvalue weighted by Gasteiger charge is -2.35. The smallest absolute Gasteiger partial charge is 0.408 e. The number of aromatic nitrogens is 1. The summed E-state index contributed by atoms with van der Waals surface area (Å²) in [5.74, 6) is -0.751. The van der Waals surface area contributed by atoms with Gasteiger partial charge in [0.15, 0.2) is 5.58 Å². The molecule has 0 N–H and O–H groups in total. The van der Waals surface area contributed by atoms with Crippen LogP contribution in [-0.2, 0) is 21.9 Å². The van der Waals surface area contributed by atoms with Crippen molar-refractivity contribution in [3.8, 4) is 0 Å². The van der Waals surface area contributed by atoms with Crippen LogP contribution in [0.4, 0.5) is 0 Å². The van der Waals surface area contributed by atoms with E-state index in [2.05, 4.69) is 0 Å². The zero-order valence-electron chi connectivity index (χ0n) is 16.0. The van der Waals surface area contributed by atoms with Crippen LogP contribution in [0.15, 0.2) is 32.3 Å². The molecule has 0 unspecified atom stereocenters. The van der Waals surface area contributed by atoms with Crippen molar-refractivity contribution in [3.05, 3.63) is 28.7 Å². The molecular weight excluding hydrogens is 382 g/mol. The highest BCUT2D eigenvalue weighted by molar-refractivity contribution is 7.89. The van der Waals surface area contributed by atoms with Crippen LogP contribution >= 0.6 is 0 Å². The Labute approximate surface area is 163 Å². The van der Waals surface area contributed by atoms with E-state index in [1.54, 1.807) is 13.1 Å². The van der Waals surface area contributed by atoms with Crippen molar-refractivity contribution in [3.63, 3.8) is 0 Å². The largest absolute Gasteiger partial charge is 0.419 e. The first kappa shape index (κ1) is 19.2. The lowest BCUT2D eigenvalue weighted by atomic mass is 9.97. The number of carbonyl (C=O) groups excluding carboxylic acids is 1. The highest BCUT2D eigenvalue weighted by Gasteiger charge is 2.35. The number of hydrogen-bond donors (Lipinski definition) is 0. The Hall–Kier alpha value is -2.13. The van der Waals surface area contributed by atoms with Gasteiger partial charge in [-0.2, -0.15) is 4.31 Å². The predicted molar refractivity (Wildman–Crippen MR) is 103 cm³/mol. The van der Waals surface area contributed by atoms with Crippen LogP contribution in [0, 0.1) is 5.92 Å². The number of rotatable bonds is 3. The maximum Gasteiger partial charge on any atom is 0.419 e. The summed E-state index contributed by atoms with van der Waals surface area (Å²) in [5.41, 5.74) is 0.785. The maximum absolute atomic E-state index is 13.1. The summed E-state index contributed by atoms with van der Waals surface area (Å²) in [6.07, 6.45) is 4.55. The Bertz CT molecular complexity index is 1050. The molecule has 1 amide bonds. The van der Waals surface area contributed by atoms with Crippen LogP contribution in [0.3, 0.4) is 0 Å². The van der Waals surface area contributed by atoms with Gasteiger partial charge in [-0.15, -0.1) is 0 Å². The fraction of sp³-hybridized carbons (Fsp3) is 0.579. The van der Waals surface area contributed by atoms with Crippen LogP contribution in [0.25, 0.3) is 11.1 Å². The standard InChI is InChI=1S/C19H25N3O5S/c1-20-16-8-7-15(12-17(16)27-19(20)24)28(25,26)22-11-5-6-14(13-22)18(23)21-9-3-2-4-10-21/h7-8,12,14H,2-6,9-11,13H2,1H3/t14-/m1/s1. The number of amides is 1. The van der Waals surface area contributed by atoms with Gasteiger partial charge in [0.25, 0.3) is 0 Å². The summed E-state index contributed by atoms with van der Waals surface area (Å²) in [6.45, 7) is 2.13. The van der Waals surface area contributed by atoms with E-state index in [1.807, 2.05) is 4.90 Å². The van der Waals surface area contributed by atoms with Gasteiger partial charge in [-0.3, -0.25) is 9.36 Å². The van der Waals surface area contributed by atoms with Crippen molar-refractivity contribution in [2.45, 2.75) is 37.0 Å². The van der Waals surface area contributed by atoms with Gasteiger partial charge >= 0.3 is 5.76 Å². The van der Waals surface area contributed by atoms with E-state index < -0.39 is 15.8 Å². The molecule has 4 rings (SSSR count). The number of benzene rings is 1. The van der Waals surface area contributed by atoms with Gasteiger partial charge in [0, 0.05) is 39.3 Å². The first-order valence-corrected chi connectivity index (χ1v) is 11.2. The van der Waals surface area contributed by atoms with E-state index in [9.17, 15) is 18.0 Å². The minimum absolute atomic E-state index is 0.0732. The summed E-state index contributed by atoms with van der Waals surface area (Å²) in [5, 5.41) is 0. The molecule has 2 aliphatic heterocycles. The first-order valence-electron chi connectivity index (χ1n) is 9.76. The number of carbonyl (C=O) groups is 1. The number of sulfonamides is 1. The Morgan fingerprint density at radius 3 is 2.61 bits per heavy atom. The molecule has 0 radical (unpaired) electrons. The topological polar surface area (TPSA) is 92.8 Å². The van der Waals surface area contributed by atoms with Gasteiger partial charge in [0.05, 0.1) is 16.3 Å². The second kappa shape index (κ2) is 7.36. The second-order valence-electron chi connectivity index (χ2n) is 7.64. The van der Waals surface area contributed by atoms with E-state index in [0.717, 1.165) is 32.4 Å². The van der Waals surface area contributed by atoms with Gasteiger partial charge in [-0.05, 0) is 44.2 Å². The van der Waals surface area contributed by atoms with Crippen LogP contribution in [0.1, 0.15) is 32.1 Å². The second-order valence-corrected chi connectivity index (χ2v) is 9.58. The minimum atomic E-state index is -3.76. The van der Waals surface area contributed by atoms with Gasteiger partial charge in [0.2, 0.25) is 15.9 Å². The van der Waals surface area contributed by atoms with Crippen molar-refractivity contribution in [2.24, 2.45) is 13.0 Å². The summed E-state index contributed by atoms with van der Waals surface area (Å²) >= 11 is 0. The number of piperidine rings is 2. The lowest BCUT2D eigenvalue weighted by Crippen LogP contribution is -2.47. The third-order valence-corrected chi connectivity index (χ3v) is 7.66. The fourth-order valence-electron chi connectivity index (χ4n) is 4.16. The molecule has 8 nitrogen and oxygen atoms in total. The molecule has 9 heteroatoms. The van der Waals surface area contributed by atoms with Crippen LogP contribution in [0.2, 0.25) is 0 Å². The van der Waals surface area contributed by atoms with Crippen molar-refractivity contribution in [1.29, 1.82) is 0 Å². The molecule has 0 aliphatic carbocycles. The number of nitrogens with zero attached hydrogens (tertiary/aromatic N) is 3. The SMILES string of the molecule is Cn1c(=O)oc2cc(S(=O)(=O)N3CCC[C@@H](C(=O)N4CCCCC4)C3)ccc21. The van der Waals surface area contributed by atoms with Crippen molar-refractivity contribution in [1.82, 2.24) is 13.8 Å². The van der Waals surface area contributed by atoms with Gasteiger partial charge < -0.3 is 9.32 Å². The zero-order valence-corrected chi connectivity index (χ0v) is 16.8. The number of oxazole rings is 1. The highest BCUT2D eigenvalue weighted by Crippen LogP contribution is 2.27. The molecule has 152 valence electrons.